The normalized spacial score (nSPS) is 15.3. The third-order valence-corrected chi connectivity index (χ3v) is 12.7. The van der Waals surface area contributed by atoms with Crippen molar-refractivity contribution in [1.29, 1.82) is 0 Å². The number of ether oxygens (including phenoxy) is 1. The average Bonchev–Trinajstić information content (AvgIpc) is 2.86. The Labute approximate surface area is 140 Å². The molecule has 0 unspecified atom stereocenters. The molecule has 4 rings (SSSR count). The minimum absolute atomic E-state index is 0.0865. The summed E-state index contributed by atoms with van der Waals surface area (Å²) < 4.78 is 15.2. The number of fused-ring (bicyclic) bond motifs is 4. The van der Waals surface area contributed by atoms with E-state index in [0.717, 1.165) is 21.2 Å². The number of nitrogens with zero attached hydrogens (tertiary/aromatic N) is 1. The number of benzene rings is 1. The monoisotopic (exact) mass is 411 g/mol. The van der Waals surface area contributed by atoms with Gasteiger partial charge in [0.2, 0.25) is 0 Å². The second-order valence-corrected chi connectivity index (χ2v) is 13.5. The molecule has 2 aliphatic rings. The van der Waals surface area contributed by atoms with Gasteiger partial charge in [-0.3, -0.25) is 0 Å². The topological polar surface area (TPSA) is 59.8 Å². The molecule has 1 amide bonds. The van der Waals surface area contributed by atoms with Gasteiger partial charge in [0.25, 0.3) is 0 Å². The van der Waals surface area contributed by atoms with Crippen LogP contribution in [-0.2, 0) is 0 Å². The molecule has 0 aliphatic carbocycles. The molecule has 2 aliphatic heterocycles. The summed E-state index contributed by atoms with van der Waals surface area (Å²) in [7, 11) is 1.64. The van der Waals surface area contributed by atoms with E-state index in [2.05, 4.69) is 9.90 Å². The summed E-state index contributed by atoms with van der Waals surface area (Å²) in [6, 6.07) is 10.5. The minimum atomic E-state index is -1.91. The van der Waals surface area contributed by atoms with E-state index in [-0.39, 0.29) is 11.7 Å². The summed E-state index contributed by atoms with van der Waals surface area (Å²) in [5.41, 5.74) is 1.56. The van der Waals surface area contributed by atoms with E-state index in [9.17, 15) is 9.59 Å². The van der Waals surface area contributed by atoms with Gasteiger partial charge in [0, 0.05) is 0 Å². The van der Waals surface area contributed by atoms with Gasteiger partial charge in [0.05, 0.1) is 0 Å². The molecule has 5 nitrogen and oxygen atoms in total. The molecule has 23 heavy (non-hydrogen) atoms. The van der Waals surface area contributed by atoms with Crippen LogP contribution in [0, 0.1) is 0 Å². The van der Waals surface area contributed by atoms with Crippen LogP contribution in [-0.4, -0.2) is 45.9 Å². The number of carbonyl (C=O) groups excluding carboxylic acids is 1. The molecule has 1 aromatic heterocycles. The first-order chi connectivity index (χ1) is 11.2. The van der Waals surface area contributed by atoms with Crippen LogP contribution >= 0.6 is 0 Å². The van der Waals surface area contributed by atoms with E-state index in [0.29, 0.717) is 6.54 Å². The summed E-state index contributed by atoms with van der Waals surface area (Å²) in [5.74, 6) is 0.625. The predicted octanol–water partition coefficient (Wildman–Crippen LogP) is 1.40. The molecule has 2 aromatic rings. The quantitative estimate of drug-likeness (QED) is 0.750. The standard InChI is InChI=1S/C17H14NO4.In/c1-4-18(17(20)15-9-6-10-16(19)22-15)12(2)13-7-5-8-14(11-13)21-3;/h2,5-6,8-11H,1,4H2,3H3;. The number of rotatable bonds is 2. The Hall–Kier alpha value is -1.95. The van der Waals surface area contributed by atoms with Gasteiger partial charge in [-0.05, 0) is 0 Å². The first-order valence-electron chi connectivity index (χ1n) is 7.49. The van der Waals surface area contributed by atoms with Crippen LogP contribution in [0.25, 0.3) is 5.70 Å². The van der Waals surface area contributed by atoms with Crippen LogP contribution in [0.3, 0.4) is 0 Å². The van der Waals surface area contributed by atoms with Gasteiger partial charge in [-0.1, -0.05) is 0 Å². The molecule has 0 saturated carbocycles. The zero-order valence-electron chi connectivity index (χ0n) is 12.6. The van der Waals surface area contributed by atoms with Gasteiger partial charge < -0.3 is 0 Å². The molecule has 114 valence electrons. The molecular weight excluding hydrogens is 397 g/mol. The fraction of sp³-hybridized carbons (Fsp3) is 0.176. The van der Waals surface area contributed by atoms with Crippen LogP contribution in [0.5, 0.6) is 5.75 Å². The maximum atomic E-state index is 12.7. The van der Waals surface area contributed by atoms with E-state index in [1.165, 1.54) is 9.39 Å². The molecule has 0 saturated heterocycles. The Bertz CT molecular complexity index is 886. The zero-order chi connectivity index (χ0) is 16.0. The van der Waals surface area contributed by atoms with Gasteiger partial charge in [-0.15, -0.1) is 0 Å². The number of hydrogen-bond acceptors (Lipinski definition) is 4. The van der Waals surface area contributed by atoms with Crippen LogP contribution in [0.15, 0.2) is 49.4 Å². The molecule has 0 N–H and O–H groups in total. The van der Waals surface area contributed by atoms with Crippen molar-refractivity contribution in [3.63, 3.8) is 0 Å². The third kappa shape index (κ3) is 2.41. The number of methoxy groups -OCH3 is 1. The van der Waals surface area contributed by atoms with Gasteiger partial charge in [-0.25, -0.2) is 0 Å². The summed E-state index contributed by atoms with van der Waals surface area (Å²) >= 11 is -1.91. The molecule has 0 radical (unpaired) electrons. The van der Waals surface area contributed by atoms with E-state index in [1.54, 1.807) is 24.1 Å². The Morgan fingerprint density at radius 3 is 2.96 bits per heavy atom. The third-order valence-electron chi connectivity index (χ3n) is 4.40. The van der Waals surface area contributed by atoms with Crippen LogP contribution in [0.2, 0.25) is 4.18 Å². The predicted molar refractivity (Wildman–Crippen MR) is 87.2 cm³/mol. The molecular formula is C17H14InNO4. The van der Waals surface area contributed by atoms with Gasteiger partial charge in [0.1, 0.15) is 0 Å². The summed E-state index contributed by atoms with van der Waals surface area (Å²) in [4.78, 5) is 25.8. The van der Waals surface area contributed by atoms with Crippen molar-refractivity contribution in [3.05, 3.63) is 62.0 Å². The van der Waals surface area contributed by atoms with Crippen LogP contribution in [0.4, 0.5) is 0 Å². The van der Waals surface area contributed by atoms with Gasteiger partial charge >= 0.3 is 141 Å². The van der Waals surface area contributed by atoms with Gasteiger partial charge in [0.15, 0.2) is 0 Å². The molecule has 0 atom stereocenters. The van der Waals surface area contributed by atoms with E-state index < -0.39 is 27.1 Å². The van der Waals surface area contributed by atoms with Crippen LogP contribution < -0.4 is 13.7 Å². The Kier molecular flexibility index (Phi) is 3.56. The molecule has 6 heteroatoms. The zero-order valence-corrected chi connectivity index (χ0v) is 15.9. The van der Waals surface area contributed by atoms with Crippen molar-refractivity contribution in [3.8, 4) is 5.75 Å². The van der Waals surface area contributed by atoms with Crippen molar-refractivity contribution in [1.82, 2.24) is 4.90 Å². The summed E-state index contributed by atoms with van der Waals surface area (Å²) in [6.45, 7) is 0.695. The van der Waals surface area contributed by atoms with Crippen molar-refractivity contribution in [2.45, 2.75) is 4.18 Å². The van der Waals surface area contributed by atoms with Crippen molar-refractivity contribution in [2.24, 2.45) is 0 Å². The summed E-state index contributed by atoms with van der Waals surface area (Å²) in [6.07, 6.45) is 0. The average molecular weight is 411 g/mol. The van der Waals surface area contributed by atoms with Crippen LogP contribution in [0.1, 0.15) is 16.1 Å². The molecule has 0 spiro atoms. The first kappa shape index (κ1) is 14.6. The molecule has 1 aromatic carbocycles. The molecule has 0 fully saturated rings. The fourth-order valence-electron chi connectivity index (χ4n) is 3.29. The number of amides is 1. The Balaban J connectivity index is 1.74. The summed E-state index contributed by atoms with van der Waals surface area (Å²) in [5, 5.41) is 0. The second kappa shape index (κ2) is 5.60. The number of hydrogen-bond donors (Lipinski definition) is 0. The SMILES string of the molecule is COc1cc[c]2c(c1)C1=[CH][In]2[CH2]CN1C(=O)c1cccc(=O)o1. The van der Waals surface area contributed by atoms with E-state index >= 15 is 0 Å². The first-order valence-corrected chi connectivity index (χ1v) is 13.4. The maximum absolute atomic E-state index is 12.7. The molecule has 3 heterocycles. The Morgan fingerprint density at radius 1 is 1.30 bits per heavy atom. The van der Waals surface area contributed by atoms with E-state index in [4.69, 9.17) is 9.15 Å². The van der Waals surface area contributed by atoms with E-state index in [1.807, 2.05) is 12.1 Å². The second-order valence-electron chi connectivity index (χ2n) is 5.67. The Morgan fingerprint density at radius 2 is 2.17 bits per heavy atom. The van der Waals surface area contributed by atoms with Crippen molar-refractivity contribution in [2.75, 3.05) is 13.7 Å². The van der Waals surface area contributed by atoms with Crippen molar-refractivity contribution < 1.29 is 13.9 Å². The molecule has 2 bridgehead atoms. The van der Waals surface area contributed by atoms with Crippen molar-refractivity contribution >= 4 is 36.4 Å². The number of carbonyl (C=O) groups is 1. The fourth-order valence-corrected chi connectivity index (χ4v) is 11.6. The van der Waals surface area contributed by atoms with Gasteiger partial charge in [-0.2, -0.15) is 0 Å².